The number of aromatic nitrogens is 1. The normalized spacial score (nSPS) is 20.4. The van der Waals surface area contributed by atoms with Gasteiger partial charge in [-0.2, -0.15) is 16.1 Å². The number of anilines is 1. The molecule has 0 bridgehead atoms. The van der Waals surface area contributed by atoms with E-state index in [-0.39, 0.29) is 10.9 Å². The van der Waals surface area contributed by atoms with Crippen molar-refractivity contribution in [2.24, 2.45) is 0 Å². The van der Waals surface area contributed by atoms with Crippen LogP contribution in [-0.4, -0.2) is 48.3 Å². The molecule has 1 aromatic heterocycles. The Hall–Kier alpha value is -0.310. The third-order valence-corrected chi connectivity index (χ3v) is 6.91. The molecule has 118 valence electrons. The summed E-state index contributed by atoms with van der Waals surface area (Å²) in [6.45, 7) is 5.23. The molecule has 1 aliphatic heterocycles. The average Bonchev–Trinajstić information content (AvgIpc) is 2.46. The van der Waals surface area contributed by atoms with Crippen LogP contribution in [0, 0.1) is 0 Å². The molecule has 1 unspecified atom stereocenters. The van der Waals surface area contributed by atoms with E-state index in [2.05, 4.69) is 26.2 Å². The largest absolute Gasteiger partial charge is 0.369 e. The van der Waals surface area contributed by atoms with Crippen LogP contribution in [0.4, 0.5) is 5.82 Å². The topological polar surface area (TPSA) is 62.3 Å². The maximum absolute atomic E-state index is 12.9. The van der Waals surface area contributed by atoms with Crippen molar-refractivity contribution in [1.29, 1.82) is 0 Å². The Morgan fingerprint density at radius 1 is 1.57 bits per heavy atom. The smallest absolute Gasteiger partial charge is 0.247 e. The molecule has 1 aromatic rings. The fraction of sp³-hybridized carbons (Fsp3) is 0.615. The summed E-state index contributed by atoms with van der Waals surface area (Å²) in [5.74, 6) is 2.10. The van der Waals surface area contributed by atoms with Gasteiger partial charge in [-0.05, 0) is 35.3 Å². The number of pyridine rings is 1. The van der Waals surface area contributed by atoms with Crippen LogP contribution in [0.5, 0.6) is 0 Å². The van der Waals surface area contributed by atoms with E-state index in [1.165, 1.54) is 0 Å². The molecule has 21 heavy (non-hydrogen) atoms. The highest BCUT2D eigenvalue weighted by Crippen LogP contribution is 2.29. The summed E-state index contributed by atoms with van der Waals surface area (Å²) in [5, 5.41) is 3.11. The van der Waals surface area contributed by atoms with Crippen LogP contribution in [0.15, 0.2) is 21.6 Å². The van der Waals surface area contributed by atoms with Gasteiger partial charge in [0.1, 0.15) is 10.7 Å². The van der Waals surface area contributed by atoms with E-state index in [1.54, 1.807) is 28.3 Å². The molecule has 2 heterocycles. The number of hydrogen-bond acceptors (Lipinski definition) is 5. The molecule has 0 saturated carbocycles. The van der Waals surface area contributed by atoms with Crippen molar-refractivity contribution < 1.29 is 8.42 Å². The van der Waals surface area contributed by atoms with Crippen LogP contribution < -0.4 is 5.32 Å². The van der Waals surface area contributed by atoms with Gasteiger partial charge in [0.25, 0.3) is 0 Å². The van der Waals surface area contributed by atoms with Crippen molar-refractivity contribution >= 4 is 43.5 Å². The summed E-state index contributed by atoms with van der Waals surface area (Å²) < 4.78 is 28.2. The van der Waals surface area contributed by atoms with E-state index in [9.17, 15) is 8.42 Å². The zero-order valence-electron chi connectivity index (χ0n) is 12.2. The Morgan fingerprint density at radius 2 is 2.33 bits per heavy atom. The minimum absolute atomic E-state index is 0.00626. The van der Waals surface area contributed by atoms with Crippen LogP contribution in [0.25, 0.3) is 0 Å². The molecule has 2 rings (SSSR count). The molecule has 0 aliphatic carbocycles. The van der Waals surface area contributed by atoms with E-state index >= 15 is 0 Å². The van der Waals surface area contributed by atoms with Crippen molar-refractivity contribution in [3.8, 4) is 0 Å². The van der Waals surface area contributed by atoms with Crippen molar-refractivity contribution in [3.63, 3.8) is 0 Å². The molecular formula is C13H20BrN3O2S2. The van der Waals surface area contributed by atoms with Crippen molar-refractivity contribution in [2.75, 3.05) is 29.9 Å². The fourth-order valence-electron chi connectivity index (χ4n) is 2.19. The Morgan fingerprint density at radius 3 is 3.00 bits per heavy atom. The van der Waals surface area contributed by atoms with E-state index in [0.717, 1.165) is 17.9 Å². The highest BCUT2D eigenvalue weighted by molar-refractivity contribution is 9.10. The molecule has 1 aliphatic rings. The summed E-state index contributed by atoms with van der Waals surface area (Å²) in [4.78, 5) is 4.49. The summed E-state index contributed by atoms with van der Waals surface area (Å²) >= 11 is 5.11. The van der Waals surface area contributed by atoms with Gasteiger partial charge in [-0.15, -0.1) is 0 Å². The molecule has 8 heteroatoms. The highest BCUT2D eigenvalue weighted by atomic mass is 79.9. The lowest BCUT2D eigenvalue weighted by Gasteiger charge is -2.32. The predicted octanol–water partition coefficient (Wildman–Crippen LogP) is 2.79. The van der Waals surface area contributed by atoms with Crippen LogP contribution in [0.1, 0.15) is 20.3 Å². The molecule has 0 radical (unpaired) electrons. The molecule has 1 N–H and O–H groups in total. The van der Waals surface area contributed by atoms with E-state index in [1.807, 2.05) is 13.8 Å². The zero-order valence-corrected chi connectivity index (χ0v) is 15.4. The number of hydrogen-bond donors (Lipinski definition) is 1. The SMILES string of the molecule is CCCNc1ncc(Br)cc1S(=O)(=O)N1CCSCC1C. The number of halogens is 1. The second-order valence-electron chi connectivity index (χ2n) is 4.97. The van der Waals surface area contributed by atoms with Gasteiger partial charge >= 0.3 is 0 Å². The lowest BCUT2D eigenvalue weighted by atomic mass is 10.4. The first-order valence-electron chi connectivity index (χ1n) is 6.95. The fourth-order valence-corrected chi connectivity index (χ4v) is 5.67. The van der Waals surface area contributed by atoms with Crippen LogP contribution >= 0.6 is 27.7 Å². The average molecular weight is 394 g/mol. The first kappa shape index (κ1) is 17.1. The van der Waals surface area contributed by atoms with Gasteiger partial charge in [-0.3, -0.25) is 0 Å². The molecule has 1 saturated heterocycles. The Balaban J connectivity index is 2.40. The molecule has 5 nitrogen and oxygen atoms in total. The molecule has 0 aromatic carbocycles. The number of rotatable bonds is 5. The number of nitrogens with one attached hydrogen (secondary N) is 1. The number of nitrogens with zero attached hydrogens (tertiary/aromatic N) is 2. The molecule has 0 spiro atoms. The van der Waals surface area contributed by atoms with Gasteiger partial charge in [0.15, 0.2) is 0 Å². The van der Waals surface area contributed by atoms with Crippen molar-refractivity contribution in [2.45, 2.75) is 31.2 Å². The first-order chi connectivity index (χ1) is 9.96. The molecule has 1 fully saturated rings. The number of thioether (sulfide) groups is 1. The van der Waals surface area contributed by atoms with Crippen molar-refractivity contribution in [3.05, 3.63) is 16.7 Å². The minimum Gasteiger partial charge on any atom is -0.369 e. The predicted molar refractivity (Wildman–Crippen MR) is 91.4 cm³/mol. The quantitative estimate of drug-likeness (QED) is 0.832. The lowest BCUT2D eigenvalue weighted by molar-refractivity contribution is 0.367. The Kier molecular flexibility index (Phi) is 5.93. The summed E-state index contributed by atoms with van der Waals surface area (Å²) in [6.07, 6.45) is 2.53. The highest BCUT2D eigenvalue weighted by Gasteiger charge is 2.33. The second-order valence-corrected chi connectivity index (χ2v) is 8.89. The van der Waals surface area contributed by atoms with Gasteiger partial charge in [-0.1, -0.05) is 6.92 Å². The van der Waals surface area contributed by atoms with Crippen LogP contribution in [0.3, 0.4) is 0 Å². The molecule has 1 atom stereocenters. The molecule has 0 amide bonds. The first-order valence-corrected chi connectivity index (χ1v) is 10.3. The van der Waals surface area contributed by atoms with Gasteiger partial charge in [0, 0.05) is 41.3 Å². The van der Waals surface area contributed by atoms with Crippen molar-refractivity contribution in [1.82, 2.24) is 9.29 Å². The van der Waals surface area contributed by atoms with Gasteiger partial charge in [0.05, 0.1) is 0 Å². The lowest BCUT2D eigenvalue weighted by Crippen LogP contribution is -2.44. The van der Waals surface area contributed by atoms with E-state index < -0.39 is 10.0 Å². The number of sulfonamides is 1. The monoisotopic (exact) mass is 393 g/mol. The minimum atomic E-state index is -3.53. The van der Waals surface area contributed by atoms with Gasteiger partial charge in [0.2, 0.25) is 10.0 Å². The van der Waals surface area contributed by atoms with Gasteiger partial charge in [-0.25, -0.2) is 13.4 Å². The van der Waals surface area contributed by atoms with Crippen LogP contribution in [0.2, 0.25) is 0 Å². The third kappa shape index (κ3) is 3.91. The Bertz CT molecular complexity index is 595. The molecular weight excluding hydrogens is 374 g/mol. The maximum Gasteiger partial charge on any atom is 0.247 e. The maximum atomic E-state index is 12.9. The van der Waals surface area contributed by atoms with E-state index in [0.29, 0.717) is 23.4 Å². The zero-order chi connectivity index (χ0) is 15.5. The summed E-state index contributed by atoms with van der Waals surface area (Å²) in [7, 11) is -3.53. The Labute approximate surface area is 139 Å². The van der Waals surface area contributed by atoms with E-state index in [4.69, 9.17) is 0 Å². The summed E-state index contributed by atoms with van der Waals surface area (Å²) in [5.41, 5.74) is 0. The van der Waals surface area contributed by atoms with Crippen LogP contribution in [-0.2, 0) is 10.0 Å². The van der Waals surface area contributed by atoms with Gasteiger partial charge < -0.3 is 5.32 Å². The third-order valence-electron chi connectivity index (χ3n) is 3.26. The summed E-state index contributed by atoms with van der Waals surface area (Å²) in [6, 6.07) is 1.64. The second kappa shape index (κ2) is 7.30. The standard InChI is InChI=1S/C13H20BrN3O2S2/c1-3-4-15-13-12(7-11(14)8-16-13)21(18,19)17-5-6-20-9-10(17)2/h7-8,10H,3-6,9H2,1-2H3,(H,15,16).